The molecule has 3 aromatic rings. The number of carbonyl (C=O) groups is 1. The zero-order valence-corrected chi connectivity index (χ0v) is 14.9. The van der Waals surface area contributed by atoms with Crippen molar-refractivity contribution in [2.24, 2.45) is 0 Å². The van der Waals surface area contributed by atoms with E-state index >= 15 is 0 Å². The topological polar surface area (TPSA) is 76.1 Å². The normalized spacial score (nSPS) is 10.2. The van der Waals surface area contributed by atoms with Gasteiger partial charge in [0.15, 0.2) is 0 Å². The zero-order chi connectivity index (χ0) is 17.6. The number of esters is 1. The molecule has 0 spiro atoms. The number of carbonyl (C=O) groups excluding carboxylic acids is 1. The number of benzene rings is 2. The number of rotatable bonds is 5. The molecule has 0 unspecified atom stereocenters. The van der Waals surface area contributed by atoms with Crippen LogP contribution in [0, 0.1) is 0 Å². The average Bonchev–Trinajstić information content (AvgIpc) is 2.63. The second-order valence-corrected chi connectivity index (χ2v) is 6.01. The van der Waals surface area contributed by atoms with Crippen molar-refractivity contribution in [3.8, 4) is 0 Å². The van der Waals surface area contributed by atoms with E-state index in [9.17, 15) is 4.79 Å². The Bertz CT molecular complexity index is 884. The van der Waals surface area contributed by atoms with E-state index in [2.05, 4.69) is 36.5 Å². The van der Waals surface area contributed by atoms with Crippen LogP contribution >= 0.6 is 15.9 Å². The third-order valence-corrected chi connectivity index (χ3v) is 3.84. The standard InChI is InChI=1S/C18H15BrN4O2/c1-25-17(24)12-3-2-4-15(11-12)22-18-20-10-9-16(23-18)21-14-7-5-13(19)6-8-14/h2-11H,1H3,(H2,20,21,22,23). The summed E-state index contributed by atoms with van der Waals surface area (Å²) in [5, 5.41) is 6.29. The highest BCUT2D eigenvalue weighted by atomic mass is 79.9. The van der Waals surface area contributed by atoms with Crippen LogP contribution < -0.4 is 10.6 Å². The predicted molar refractivity (Wildman–Crippen MR) is 101 cm³/mol. The van der Waals surface area contributed by atoms with Gasteiger partial charge in [-0.15, -0.1) is 0 Å². The molecule has 0 bridgehead atoms. The molecule has 1 aromatic heterocycles. The van der Waals surface area contributed by atoms with Crippen LogP contribution in [0.5, 0.6) is 0 Å². The van der Waals surface area contributed by atoms with Crippen LogP contribution in [0.2, 0.25) is 0 Å². The molecule has 126 valence electrons. The smallest absolute Gasteiger partial charge is 0.337 e. The lowest BCUT2D eigenvalue weighted by Crippen LogP contribution is -2.03. The molecular weight excluding hydrogens is 384 g/mol. The number of nitrogens with zero attached hydrogens (tertiary/aromatic N) is 2. The number of aromatic nitrogens is 2. The molecule has 0 radical (unpaired) electrons. The summed E-state index contributed by atoms with van der Waals surface area (Å²) < 4.78 is 5.73. The van der Waals surface area contributed by atoms with Crippen molar-refractivity contribution in [1.29, 1.82) is 0 Å². The third-order valence-electron chi connectivity index (χ3n) is 3.31. The number of methoxy groups -OCH3 is 1. The van der Waals surface area contributed by atoms with Gasteiger partial charge in [0.25, 0.3) is 0 Å². The van der Waals surface area contributed by atoms with Gasteiger partial charge >= 0.3 is 5.97 Å². The number of anilines is 4. The molecule has 25 heavy (non-hydrogen) atoms. The van der Waals surface area contributed by atoms with Crippen molar-refractivity contribution in [2.75, 3.05) is 17.7 Å². The first-order valence-corrected chi connectivity index (χ1v) is 8.24. The molecule has 0 fully saturated rings. The highest BCUT2D eigenvalue weighted by molar-refractivity contribution is 9.10. The fraction of sp³-hybridized carbons (Fsp3) is 0.0556. The van der Waals surface area contributed by atoms with Crippen LogP contribution in [0.1, 0.15) is 10.4 Å². The summed E-state index contributed by atoms with van der Waals surface area (Å²) in [4.78, 5) is 20.2. The van der Waals surface area contributed by atoms with E-state index < -0.39 is 5.97 Å². The van der Waals surface area contributed by atoms with Gasteiger partial charge in [0, 0.05) is 22.0 Å². The van der Waals surface area contributed by atoms with E-state index in [4.69, 9.17) is 4.74 Å². The number of hydrogen-bond donors (Lipinski definition) is 2. The zero-order valence-electron chi connectivity index (χ0n) is 13.4. The van der Waals surface area contributed by atoms with E-state index in [1.807, 2.05) is 30.3 Å². The number of hydrogen-bond acceptors (Lipinski definition) is 6. The molecule has 0 aliphatic heterocycles. The molecule has 0 saturated heterocycles. The number of nitrogens with one attached hydrogen (secondary N) is 2. The minimum absolute atomic E-state index is 0.393. The van der Waals surface area contributed by atoms with Gasteiger partial charge in [0.1, 0.15) is 5.82 Å². The average molecular weight is 399 g/mol. The second kappa shape index (κ2) is 7.76. The van der Waals surface area contributed by atoms with Gasteiger partial charge in [-0.3, -0.25) is 0 Å². The Kier molecular flexibility index (Phi) is 5.25. The van der Waals surface area contributed by atoms with Gasteiger partial charge in [0.05, 0.1) is 12.7 Å². The Balaban J connectivity index is 1.75. The van der Waals surface area contributed by atoms with Gasteiger partial charge in [-0.2, -0.15) is 4.98 Å². The van der Waals surface area contributed by atoms with Crippen LogP contribution in [0.25, 0.3) is 0 Å². The van der Waals surface area contributed by atoms with Gasteiger partial charge in [0.2, 0.25) is 5.95 Å². The summed E-state index contributed by atoms with van der Waals surface area (Å²) in [6.07, 6.45) is 1.65. The van der Waals surface area contributed by atoms with Gasteiger partial charge < -0.3 is 15.4 Å². The number of ether oxygens (including phenoxy) is 1. The highest BCUT2D eigenvalue weighted by Crippen LogP contribution is 2.20. The van der Waals surface area contributed by atoms with E-state index in [0.717, 1.165) is 10.2 Å². The monoisotopic (exact) mass is 398 g/mol. The first-order chi connectivity index (χ1) is 12.1. The maximum absolute atomic E-state index is 11.6. The predicted octanol–water partition coefficient (Wildman–Crippen LogP) is 4.51. The van der Waals surface area contributed by atoms with Gasteiger partial charge in [-0.05, 0) is 48.5 Å². The maximum Gasteiger partial charge on any atom is 0.337 e. The Morgan fingerprint density at radius 1 is 1.04 bits per heavy atom. The van der Waals surface area contributed by atoms with Crippen molar-refractivity contribution in [3.05, 3.63) is 70.8 Å². The Hall–Kier alpha value is -2.93. The first kappa shape index (κ1) is 16.9. The van der Waals surface area contributed by atoms with Crippen molar-refractivity contribution in [2.45, 2.75) is 0 Å². The lowest BCUT2D eigenvalue weighted by molar-refractivity contribution is 0.0601. The highest BCUT2D eigenvalue weighted by Gasteiger charge is 2.07. The van der Waals surface area contributed by atoms with Crippen LogP contribution in [-0.4, -0.2) is 23.0 Å². The molecule has 0 aliphatic carbocycles. The maximum atomic E-state index is 11.6. The van der Waals surface area contributed by atoms with Crippen molar-refractivity contribution >= 4 is 45.0 Å². The van der Waals surface area contributed by atoms with Gasteiger partial charge in [-0.25, -0.2) is 9.78 Å². The number of halogens is 1. The fourth-order valence-electron chi connectivity index (χ4n) is 2.14. The van der Waals surface area contributed by atoms with Crippen LogP contribution in [0.3, 0.4) is 0 Å². The Morgan fingerprint density at radius 2 is 1.84 bits per heavy atom. The summed E-state index contributed by atoms with van der Waals surface area (Å²) in [6, 6.07) is 16.5. The van der Waals surface area contributed by atoms with Crippen LogP contribution in [0.4, 0.5) is 23.1 Å². The molecule has 6 nitrogen and oxygen atoms in total. The molecule has 0 amide bonds. The molecule has 0 aliphatic rings. The summed E-state index contributed by atoms with van der Waals surface area (Å²) in [5.41, 5.74) is 2.07. The molecule has 3 rings (SSSR count). The molecule has 0 saturated carbocycles. The van der Waals surface area contributed by atoms with Crippen LogP contribution in [-0.2, 0) is 4.74 Å². The Labute approximate surface area is 153 Å². The third kappa shape index (κ3) is 4.54. The molecule has 2 aromatic carbocycles. The minimum atomic E-state index is -0.393. The molecule has 7 heteroatoms. The quantitative estimate of drug-likeness (QED) is 0.615. The SMILES string of the molecule is COC(=O)c1cccc(Nc2nccc(Nc3ccc(Br)cc3)n2)c1. The van der Waals surface area contributed by atoms with E-state index in [1.165, 1.54) is 7.11 Å². The molecular formula is C18H15BrN4O2. The molecule has 0 atom stereocenters. The van der Waals surface area contributed by atoms with Crippen molar-refractivity contribution < 1.29 is 9.53 Å². The second-order valence-electron chi connectivity index (χ2n) is 5.09. The fourth-order valence-corrected chi connectivity index (χ4v) is 2.40. The van der Waals surface area contributed by atoms with Crippen molar-refractivity contribution in [3.63, 3.8) is 0 Å². The van der Waals surface area contributed by atoms with E-state index in [1.54, 1.807) is 30.5 Å². The van der Waals surface area contributed by atoms with E-state index in [-0.39, 0.29) is 0 Å². The summed E-state index contributed by atoms with van der Waals surface area (Å²) in [7, 11) is 1.35. The lowest BCUT2D eigenvalue weighted by atomic mass is 10.2. The first-order valence-electron chi connectivity index (χ1n) is 7.45. The van der Waals surface area contributed by atoms with E-state index in [0.29, 0.717) is 23.0 Å². The summed E-state index contributed by atoms with van der Waals surface area (Å²) >= 11 is 3.40. The summed E-state index contributed by atoms with van der Waals surface area (Å²) in [5.74, 6) is 0.684. The van der Waals surface area contributed by atoms with Crippen molar-refractivity contribution in [1.82, 2.24) is 9.97 Å². The summed E-state index contributed by atoms with van der Waals surface area (Å²) in [6.45, 7) is 0. The lowest BCUT2D eigenvalue weighted by Gasteiger charge is -2.09. The largest absolute Gasteiger partial charge is 0.465 e. The Morgan fingerprint density at radius 3 is 2.60 bits per heavy atom. The minimum Gasteiger partial charge on any atom is -0.465 e. The molecule has 2 N–H and O–H groups in total. The van der Waals surface area contributed by atoms with Crippen LogP contribution in [0.15, 0.2) is 65.3 Å². The van der Waals surface area contributed by atoms with Gasteiger partial charge in [-0.1, -0.05) is 22.0 Å². The molecule has 1 heterocycles.